The Bertz CT molecular complexity index is 864. The molecule has 0 radical (unpaired) electrons. The lowest BCUT2D eigenvalue weighted by Gasteiger charge is -2.48. The number of carboxylic acids is 1. The summed E-state index contributed by atoms with van der Waals surface area (Å²) in [7, 11) is 0. The van der Waals surface area contributed by atoms with E-state index >= 15 is 0 Å². The summed E-state index contributed by atoms with van der Waals surface area (Å²) in [5.41, 5.74) is 2.56. The molecule has 0 amide bonds. The number of carbonyl (C=O) groups is 1. The Kier molecular flexibility index (Phi) is 8.76. The summed E-state index contributed by atoms with van der Waals surface area (Å²) in [4.78, 5) is 14.1. The molecule has 2 aliphatic heterocycles. The van der Waals surface area contributed by atoms with E-state index in [2.05, 4.69) is 42.7 Å². The third kappa shape index (κ3) is 6.46. The van der Waals surface area contributed by atoms with Crippen molar-refractivity contribution in [2.24, 2.45) is 11.8 Å². The van der Waals surface area contributed by atoms with Gasteiger partial charge in [-0.05, 0) is 80.9 Å². The van der Waals surface area contributed by atoms with Gasteiger partial charge < -0.3 is 9.84 Å². The number of nitrogens with zero attached hydrogens (tertiary/aromatic N) is 1. The van der Waals surface area contributed by atoms with Crippen LogP contribution < -0.4 is 0 Å². The standard InChI is InChI=1S/C29H40ClNO3/c1-3-21-11-14-27(15-12-21)34-28(20(2)30)16-13-22-7-9-23(10-8-22)19-31-25-5-4-6-26(31)18-24(17-25)29(32)33/h7,9-10,13,16,21,24-27H,2-6,8,11-12,14-15,17-19H2,1H3,(H,32,33)/b22-13-,28-16+/t21-,24?,25?,26?,27+. The van der Waals surface area contributed by atoms with Gasteiger partial charge in [-0.2, -0.15) is 0 Å². The topological polar surface area (TPSA) is 49.8 Å². The first-order valence-electron chi connectivity index (χ1n) is 13.2. The maximum Gasteiger partial charge on any atom is 0.306 e. The van der Waals surface area contributed by atoms with Crippen molar-refractivity contribution in [2.45, 2.75) is 95.7 Å². The second-order valence-corrected chi connectivity index (χ2v) is 11.0. The summed E-state index contributed by atoms with van der Waals surface area (Å²) in [6.07, 6.45) is 22.9. The molecule has 0 aromatic rings. The van der Waals surface area contributed by atoms with E-state index in [1.54, 1.807) is 0 Å². The molecule has 5 heteroatoms. The first-order valence-corrected chi connectivity index (χ1v) is 13.6. The largest absolute Gasteiger partial charge is 0.489 e. The number of ether oxygens (including phenoxy) is 1. The van der Waals surface area contributed by atoms with Crippen molar-refractivity contribution < 1.29 is 14.6 Å². The van der Waals surface area contributed by atoms with Crippen LogP contribution in [0, 0.1) is 11.8 Å². The van der Waals surface area contributed by atoms with Crippen molar-refractivity contribution in [1.82, 2.24) is 4.90 Å². The molecule has 4 rings (SSSR count). The van der Waals surface area contributed by atoms with Gasteiger partial charge in [0.05, 0.1) is 17.1 Å². The third-order valence-electron chi connectivity index (χ3n) is 8.33. The molecule has 2 atom stereocenters. The van der Waals surface area contributed by atoms with Gasteiger partial charge in [-0.3, -0.25) is 9.69 Å². The van der Waals surface area contributed by atoms with E-state index in [0.29, 0.717) is 22.9 Å². The Balaban J connectivity index is 1.32. The molecule has 2 bridgehead atoms. The molecule has 4 aliphatic rings. The van der Waals surface area contributed by atoms with Gasteiger partial charge in [-0.15, -0.1) is 0 Å². The molecule has 3 fully saturated rings. The Morgan fingerprint density at radius 2 is 1.88 bits per heavy atom. The van der Waals surface area contributed by atoms with E-state index < -0.39 is 5.97 Å². The number of carboxylic acid groups (broad SMARTS) is 1. The van der Waals surface area contributed by atoms with E-state index in [9.17, 15) is 9.90 Å². The van der Waals surface area contributed by atoms with Crippen LogP contribution in [0.1, 0.15) is 77.6 Å². The summed E-state index contributed by atoms with van der Waals surface area (Å²) in [6, 6.07) is 0.814. The summed E-state index contributed by atoms with van der Waals surface area (Å²) >= 11 is 6.26. The maximum atomic E-state index is 11.5. The Morgan fingerprint density at radius 3 is 2.44 bits per heavy atom. The van der Waals surface area contributed by atoms with Crippen LogP contribution in [0.25, 0.3) is 0 Å². The van der Waals surface area contributed by atoms with Crippen molar-refractivity contribution in [3.05, 3.63) is 58.9 Å². The molecular formula is C29H40ClNO3. The molecule has 0 aromatic heterocycles. The summed E-state index contributed by atoms with van der Waals surface area (Å²) in [5, 5.41) is 9.95. The van der Waals surface area contributed by atoms with Gasteiger partial charge in [0.1, 0.15) is 5.76 Å². The number of hydrogen-bond donors (Lipinski definition) is 1. The minimum absolute atomic E-state index is 0.168. The van der Waals surface area contributed by atoms with Crippen molar-refractivity contribution in [1.29, 1.82) is 0 Å². The number of fused-ring (bicyclic) bond motifs is 2. The van der Waals surface area contributed by atoms with Crippen molar-refractivity contribution in [3.8, 4) is 0 Å². The van der Waals surface area contributed by atoms with Crippen LogP contribution in [0.3, 0.4) is 0 Å². The minimum atomic E-state index is -0.618. The van der Waals surface area contributed by atoms with Crippen molar-refractivity contribution >= 4 is 17.6 Å². The normalized spacial score (nSPS) is 33.5. The van der Waals surface area contributed by atoms with E-state index in [0.717, 1.165) is 57.4 Å². The van der Waals surface area contributed by atoms with Crippen LogP contribution >= 0.6 is 11.6 Å². The van der Waals surface area contributed by atoms with Crippen LogP contribution in [0.5, 0.6) is 0 Å². The lowest BCUT2D eigenvalue weighted by atomic mass is 9.78. The zero-order valence-corrected chi connectivity index (χ0v) is 21.3. The van der Waals surface area contributed by atoms with Crippen molar-refractivity contribution in [3.63, 3.8) is 0 Å². The fraction of sp³-hybridized carbons (Fsp3) is 0.621. The monoisotopic (exact) mass is 485 g/mol. The quantitative estimate of drug-likeness (QED) is 0.293. The summed E-state index contributed by atoms with van der Waals surface area (Å²) in [6.45, 7) is 7.10. The summed E-state index contributed by atoms with van der Waals surface area (Å²) < 4.78 is 6.22. The van der Waals surface area contributed by atoms with Crippen LogP contribution in [0.2, 0.25) is 0 Å². The predicted octanol–water partition coefficient (Wildman–Crippen LogP) is 7.14. The van der Waals surface area contributed by atoms with Gasteiger partial charge >= 0.3 is 5.97 Å². The number of piperidine rings is 2. The highest BCUT2D eigenvalue weighted by atomic mass is 35.5. The lowest BCUT2D eigenvalue weighted by Crippen LogP contribution is -2.53. The molecule has 2 unspecified atom stereocenters. The highest BCUT2D eigenvalue weighted by molar-refractivity contribution is 6.31. The predicted molar refractivity (Wildman–Crippen MR) is 139 cm³/mol. The van der Waals surface area contributed by atoms with E-state index in [1.807, 2.05) is 6.08 Å². The number of rotatable bonds is 8. The molecular weight excluding hydrogens is 446 g/mol. The minimum Gasteiger partial charge on any atom is -0.489 e. The van der Waals surface area contributed by atoms with E-state index in [4.69, 9.17) is 16.3 Å². The number of halogens is 1. The molecule has 4 nitrogen and oxygen atoms in total. The molecule has 186 valence electrons. The molecule has 1 N–H and O–H groups in total. The highest BCUT2D eigenvalue weighted by Crippen LogP contribution is 2.38. The molecule has 2 heterocycles. The Hall–Kier alpha value is -1.78. The summed E-state index contributed by atoms with van der Waals surface area (Å²) in [5.74, 6) is 0.739. The molecule has 2 aliphatic carbocycles. The van der Waals surface area contributed by atoms with E-state index in [-0.39, 0.29) is 12.0 Å². The van der Waals surface area contributed by atoms with Gasteiger partial charge in [0.2, 0.25) is 0 Å². The molecule has 0 spiro atoms. The Morgan fingerprint density at radius 1 is 1.18 bits per heavy atom. The van der Waals surface area contributed by atoms with Crippen LogP contribution in [-0.2, 0) is 9.53 Å². The van der Waals surface area contributed by atoms with Gasteiger partial charge in [-0.25, -0.2) is 0 Å². The van der Waals surface area contributed by atoms with Crippen LogP contribution in [0.4, 0.5) is 0 Å². The molecule has 1 saturated carbocycles. The van der Waals surface area contributed by atoms with Crippen molar-refractivity contribution in [2.75, 3.05) is 6.54 Å². The average Bonchev–Trinajstić information content (AvgIpc) is 2.82. The van der Waals surface area contributed by atoms with Gasteiger partial charge in [0, 0.05) is 18.6 Å². The smallest absolute Gasteiger partial charge is 0.306 e. The Labute approximate surface area is 210 Å². The zero-order chi connectivity index (χ0) is 24.1. The first kappa shape index (κ1) is 25.3. The fourth-order valence-corrected chi connectivity index (χ4v) is 6.31. The molecule has 0 aromatic carbocycles. The van der Waals surface area contributed by atoms with Crippen LogP contribution in [-0.4, -0.2) is 40.7 Å². The SMILES string of the molecule is C=C(Cl)/C(=C\C=C1\C=CC(CN2C3CCCC2CC(C(=O)O)C3)=CC1)O[C@H]1CC[C@@H](CC)CC1. The molecule has 34 heavy (non-hydrogen) atoms. The first-order chi connectivity index (χ1) is 16.4. The number of aliphatic carboxylic acids is 1. The van der Waals surface area contributed by atoms with Gasteiger partial charge in [-0.1, -0.05) is 62.2 Å². The van der Waals surface area contributed by atoms with Gasteiger partial charge in [0.25, 0.3) is 0 Å². The average molecular weight is 486 g/mol. The molecule has 2 saturated heterocycles. The highest BCUT2D eigenvalue weighted by Gasteiger charge is 2.40. The second kappa shape index (κ2) is 11.8. The van der Waals surface area contributed by atoms with Gasteiger partial charge in [0.15, 0.2) is 0 Å². The second-order valence-electron chi connectivity index (χ2n) is 10.6. The van der Waals surface area contributed by atoms with E-state index in [1.165, 1.54) is 36.8 Å². The fourth-order valence-electron chi connectivity index (χ4n) is 6.20. The maximum absolute atomic E-state index is 11.5. The lowest BCUT2D eigenvalue weighted by molar-refractivity contribution is -0.146. The number of allylic oxidation sites excluding steroid dienone is 6. The third-order valence-corrected chi connectivity index (χ3v) is 8.52. The number of hydrogen-bond acceptors (Lipinski definition) is 3. The zero-order valence-electron chi connectivity index (χ0n) is 20.6. The van der Waals surface area contributed by atoms with Crippen LogP contribution in [0.15, 0.2) is 58.9 Å².